The second kappa shape index (κ2) is 9.58. The fourth-order valence-electron chi connectivity index (χ4n) is 3.99. The van der Waals surface area contributed by atoms with Gasteiger partial charge in [0.25, 0.3) is 0 Å². The molecule has 5 nitrogen and oxygen atoms in total. The number of benzene rings is 1. The number of nitrogens with one attached hydrogen (secondary N) is 1. The van der Waals surface area contributed by atoms with Gasteiger partial charge in [0.05, 0.1) is 13.2 Å². The minimum atomic E-state index is 0.0597. The molecule has 3 rings (SSSR count). The minimum Gasteiger partial charge on any atom is -0.379 e. The Kier molecular flexibility index (Phi) is 7.17. The summed E-state index contributed by atoms with van der Waals surface area (Å²) < 4.78 is 5.45. The number of piperidine rings is 1. The lowest BCUT2D eigenvalue weighted by molar-refractivity contribution is 0.000258. The number of hydrogen-bond donors (Lipinski definition) is 1. The number of rotatable bonds is 5. The molecule has 0 radical (unpaired) electrons. The number of halogens is 1. The molecule has 2 aliphatic rings. The third kappa shape index (κ3) is 5.35. The number of likely N-dealkylation sites (tertiary alicyclic amines) is 1. The molecule has 1 aromatic carbocycles. The van der Waals surface area contributed by atoms with E-state index in [-0.39, 0.29) is 6.03 Å². The molecule has 144 valence electrons. The number of amides is 2. The van der Waals surface area contributed by atoms with Gasteiger partial charge >= 0.3 is 6.03 Å². The highest BCUT2D eigenvalue weighted by Crippen LogP contribution is 2.24. The average molecular weight is 380 g/mol. The molecule has 0 aromatic heterocycles. The van der Waals surface area contributed by atoms with Crippen molar-refractivity contribution >= 4 is 17.6 Å². The second-order valence-electron chi connectivity index (χ2n) is 7.33. The Morgan fingerprint density at radius 3 is 2.69 bits per heavy atom. The zero-order valence-electron chi connectivity index (χ0n) is 15.6. The SMILES string of the molecule is CC(C1CCN(C(=O)NCCc2cccc(Cl)c2)CC1)N1CCOCC1. The van der Waals surface area contributed by atoms with E-state index >= 15 is 0 Å². The Balaban J connectivity index is 1.37. The summed E-state index contributed by atoms with van der Waals surface area (Å²) in [5, 5.41) is 3.79. The molecule has 2 fully saturated rings. The summed E-state index contributed by atoms with van der Waals surface area (Å²) in [4.78, 5) is 16.9. The summed E-state index contributed by atoms with van der Waals surface area (Å²) in [5.41, 5.74) is 1.15. The van der Waals surface area contributed by atoms with E-state index in [0.717, 1.165) is 69.2 Å². The van der Waals surface area contributed by atoms with Crippen molar-refractivity contribution in [2.24, 2.45) is 5.92 Å². The first-order chi connectivity index (χ1) is 12.6. The largest absolute Gasteiger partial charge is 0.379 e. The maximum atomic E-state index is 12.4. The fraction of sp³-hybridized carbons (Fsp3) is 0.650. The van der Waals surface area contributed by atoms with Gasteiger partial charge in [-0.3, -0.25) is 4.90 Å². The van der Waals surface area contributed by atoms with Crippen LogP contribution in [0.3, 0.4) is 0 Å². The number of ether oxygens (including phenoxy) is 1. The van der Waals surface area contributed by atoms with Crippen LogP contribution < -0.4 is 5.32 Å². The van der Waals surface area contributed by atoms with Gasteiger partial charge in [-0.15, -0.1) is 0 Å². The van der Waals surface area contributed by atoms with Crippen LogP contribution in [0.2, 0.25) is 5.02 Å². The monoisotopic (exact) mass is 379 g/mol. The average Bonchev–Trinajstić information content (AvgIpc) is 2.68. The van der Waals surface area contributed by atoms with Crippen LogP contribution in [0.15, 0.2) is 24.3 Å². The van der Waals surface area contributed by atoms with Gasteiger partial charge in [0, 0.05) is 43.8 Å². The first-order valence-electron chi connectivity index (χ1n) is 9.72. The lowest BCUT2D eigenvalue weighted by atomic mass is 9.89. The van der Waals surface area contributed by atoms with Crippen LogP contribution in [0.1, 0.15) is 25.3 Å². The van der Waals surface area contributed by atoms with E-state index < -0.39 is 0 Å². The normalized spacial score (nSPS) is 20.8. The smallest absolute Gasteiger partial charge is 0.317 e. The summed E-state index contributed by atoms with van der Waals surface area (Å²) in [7, 11) is 0. The molecule has 0 bridgehead atoms. The van der Waals surface area contributed by atoms with Crippen molar-refractivity contribution in [3.8, 4) is 0 Å². The topological polar surface area (TPSA) is 44.8 Å². The van der Waals surface area contributed by atoms with Crippen LogP contribution in [-0.2, 0) is 11.2 Å². The van der Waals surface area contributed by atoms with Crippen LogP contribution in [0.25, 0.3) is 0 Å². The second-order valence-corrected chi connectivity index (χ2v) is 7.76. The molecular formula is C20H30ClN3O2. The molecule has 2 aliphatic heterocycles. The van der Waals surface area contributed by atoms with Crippen LogP contribution in [0.5, 0.6) is 0 Å². The van der Waals surface area contributed by atoms with Crippen molar-refractivity contribution in [3.63, 3.8) is 0 Å². The van der Waals surface area contributed by atoms with E-state index in [1.54, 1.807) is 0 Å². The van der Waals surface area contributed by atoms with Crippen molar-refractivity contribution in [2.45, 2.75) is 32.2 Å². The van der Waals surface area contributed by atoms with Crippen molar-refractivity contribution in [3.05, 3.63) is 34.9 Å². The molecule has 1 aromatic rings. The standard InChI is InChI=1S/C20H30ClN3O2/c1-16(23-11-13-26-14-12-23)18-6-9-24(10-7-18)20(25)22-8-5-17-3-2-4-19(21)15-17/h2-4,15-16,18H,5-14H2,1H3,(H,22,25). The Morgan fingerprint density at radius 1 is 1.27 bits per heavy atom. The molecule has 2 heterocycles. The molecule has 1 atom stereocenters. The fourth-order valence-corrected chi connectivity index (χ4v) is 4.20. The third-order valence-corrected chi connectivity index (χ3v) is 5.94. The summed E-state index contributed by atoms with van der Waals surface area (Å²) in [5.74, 6) is 0.670. The first-order valence-corrected chi connectivity index (χ1v) is 10.1. The predicted octanol–water partition coefficient (Wildman–Crippen LogP) is 3.02. The summed E-state index contributed by atoms with van der Waals surface area (Å²) in [6.45, 7) is 8.43. The molecule has 2 amide bonds. The van der Waals surface area contributed by atoms with Gasteiger partial charge < -0.3 is 15.0 Å². The van der Waals surface area contributed by atoms with E-state index in [0.29, 0.717) is 18.5 Å². The zero-order valence-corrected chi connectivity index (χ0v) is 16.4. The summed E-state index contributed by atoms with van der Waals surface area (Å²) in [6, 6.07) is 8.44. The molecule has 0 saturated carbocycles. The lowest BCUT2D eigenvalue weighted by Gasteiger charge is -2.41. The maximum Gasteiger partial charge on any atom is 0.317 e. The molecule has 6 heteroatoms. The van der Waals surface area contributed by atoms with Gasteiger partial charge in [0.1, 0.15) is 0 Å². The van der Waals surface area contributed by atoms with E-state index in [4.69, 9.17) is 16.3 Å². The molecule has 2 saturated heterocycles. The van der Waals surface area contributed by atoms with E-state index in [9.17, 15) is 4.79 Å². The first kappa shape index (κ1) is 19.5. The minimum absolute atomic E-state index is 0.0597. The van der Waals surface area contributed by atoms with Gasteiger partial charge in [-0.05, 0) is 49.8 Å². The Labute approximate surface area is 161 Å². The van der Waals surface area contributed by atoms with Crippen molar-refractivity contribution in [1.82, 2.24) is 15.1 Å². The Hall–Kier alpha value is -1.30. The van der Waals surface area contributed by atoms with E-state index in [2.05, 4.69) is 17.1 Å². The van der Waals surface area contributed by atoms with Crippen molar-refractivity contribution < 1.29 is 9.53 Å². The van der Waals surface area contributed by atoms with E-state index in [1.807, 2.05) is 29.2 Å². The van der Waals surface area contributed by atoms with Crippen molar-refractivity contribution in [2.75, 3.05) is 45.9 Å². The number of carbonyl (C=O) groups excluding carboxylic acids is 1. The Morgan fingerprint density at radius 2 is 2.00 bits per heavy atom. The quantitative estimate of drug-likeness (QED) is 0.855. The number of hydrogen-bond acceptors (Lipinski definition) is 3. The van der Waals surface area contributed by atoms with Gasteiger partial charge in [-0.2, -0.15) is 0 Å². The van der Waals surface area contributed by atoms with Gasteiger partial charge in [-0.25, -0.2) is 4.79 Å². The molecule has 1 unspecified atom stereocenters. The van der Waals surface area contributed by atoms with Gasteiger partial charge in [0.15, 0.2) is 0 Å². The van der Waals surface area contributed by atoms with Crippen LogP contribution in [-0.4, -0.2) is 67.8 Å². The predicted molar refractivity (Wildman–Crippen MR) is 105 cm³/mol. The van der Waals surface area contributed by atoms with Gasteiger partial charge in [-0.1, -0.05) is 23.7 Å². The highest BCUT2D eigenvalue weighted by molar-refractivity contribution is 6.30. The number of nitrogens with zero attached hydrogens (tertiary/aromatic N) is 2. The molecule has 1 N–H and O–H groups in total. The van der Waals surface area contributed by atoms with Crippen LogP contribution >= 0.6 is 11.6 Å². The highest BCUT2D eigenvalue weighted by atomic mass is 35.5. The molecular weight excluding hydrogens is 350 g/mol. The molecule has 0 aliphatic carbocycles. The molecule has 26 heavy (non-hydrogen) atoms. The number of urea groups is 1. The molecule has 0 spiro atoms. The summed E-state index contributed by atoms with van der Waals surface area (Å²) >= 11 is 6.00. The van der Waals surface area contributed by atoms with Crippen LogP contribution in [0.4, 0.5) is 4.79 Å². The maximum absolute atomic E-state index is 12.4. The van der Waals surface area contributed by atoms with Crippen molar-refractivity contribution in [1.29, 1.82) is 0 Å². The third-order valence-electron chi connectivity index (χ3n) is 5.71. The Bertz CT molecular complexity index is 584. The van der Waals surface area contributed by atoms with E-state index in [1.165, 1.54) is 0 Å². The zero-order chi connectivity index (χ0) is 18.4. The lowest BCUT2D eigenvalue weighted by Crippen LogP contribution is -2.50. The highest BCUT2D eigenvalue weighted by Gasteiger charge is 2.29. The number of carbonyl (C=O) groups is 1. The van der Waals surface area contributed by atoms with Gasteiger partial charge in [0.2, 0.25) is 0 Å². The van der Waals surface area contributed by atoms with Crippen LogP contribution in [0, 0.1) is 5.92 Å². The number of morpholine rings is 1. The summed E-state index contributed by atoms with van der Waals surface area (Å²) in [6.07, 6.45) is 2.97.